The molecule has 1 unspecified atom stereocenters. The van der Waals surface area contributed by atoms with Gasteiger partial charge in [-0.25, -0.2) is 12.8 Å². The smallest absolute Gasteiger partial charge is 0.178 e. The van der Waals surface area contributed by atoms with Gasteiger partial charge in [0.25, 0.3) is 0 Å². The largest absolute Gasteiger partial charge is 0.380 e. The van der Waals surface area contributed by atoms with Crippen LogP contribution in [0.1, 0.15) is 17.5 Å². The normalized spacial score (nSPS) is 23.6. The molecule has 3 rings (SSSR count). The van der Waals surface area contributed by atoms with Gasteiger partial charge in [-0.05, 0) is 24.6 Å². The molecule has 1 aliphatic heterocycles. The topological polar surface area (TPSA) is 54.4 Å². The van der Waals surface area contributed by atoms with E-state index in [4.69, 9.17) is 11.6 Å². The minimum atomic E-state index is -3.45. The molecule has 0 radical (unpaired) electrons. The van der Waals surface area contributed by atoms with Crippen LogP contribution in [0.15, 0.2) is 47.4 Å². The number of rotatable bonds is 1. The van der Waals surface area contributed by atoms with Crippen LogP contribution in [-0.2, 0) is 15.4 Å². The van der Waals surface area contributed by atoms with Gasteiger partial charge in [0.15, 0.2) is 9.84 Å². The van der Waals surface area contributed by atoms with Crippen molar-refractivity contribution in [2.24, 2.45) is 0 Å². The molecular formula is C15H12ClFO3S. The third-order valence-corrected chi connectivity index (χ3v) is 5.78. The molecule has 1 heterocycles. The first-order chi connectivity index (χ1) is 9.84. The fraction of sp³-hybridized carbons (Fsp3) is 0.200. The van der Waals surface area contributed by atoms with Crippen molar-refractivity contribution in [3.63, 3.8) is 0 Å². The summed E-state index contributed by atoms with van der Waals surface area (Å²) in [6.45, 7) is 0. The lowest BCUT2D eigenvalue weighted by Gasteiger charge is -2.34. The Morgan fingerprint density at radius 1 is 1.14 bits per heavy atom. The Bertz CT molecular complexity index is 819. The van der Waals surface area contributed by atoms with Gasteiger partial charge in [0.05, 0.1) is 10.6 Å². The monoisotopic (exact) mass is 326 g/mol. The molecule has 0 bridgehead atoms. The minimum absolute atomic E-state index is 0.0363. The molecule has 1 N–H and O–H groups in total. The summed E-state index contributed by atoms with van der Waals surface area (Å²) >= 11 is 5.73. The van der Waals surface area contributed by atoms with Crippen LogP contribution in [0.5, 0.6) is 0 Å². The van der Waals surface area contributed by atoms with Crippen molar-refractivity contribution in [3.8, 4) is 0 Å². The summed E-state index contributed by atoms with van der Waals surface area (Å²) in [6, 6.07) is 10.1. The Labute approximate surface area is 126 Å². The second-order valence-electron chi connectivity index (χ2n) is 5.05. The highest BCUT2D eigenvalue weighted by Crippen LogP contribution is 2.42. The molecule has 110 valence electrons. The molecule has 2 aromatic carbocycles. The van der Waals surface area contributed by atoms with Crippen LogP contribution in [0.3, 0.4) is 0 Å². The molecular weight excluding hydrogens is 315 g/mol. The van der Waals surface area contributed by atoms with Crippen LogP contribution in [-0.4, -0.2) is 19.3 Å². The zero-order valence-electron chi connectivity index (χ0n) is 10.9. The average Bonchev–Trinajstić information content (AvgIpc) is 2.44. The summed E-state index contributed by atoms with van der Waals surface area (Å²) in [5.74, 6) is -0.887. The van der Waals surface area contributed by atoms with Crippen LogP contribution in [0.2, 0.25) is 5.02 Å². The summed E-state index contributed by atoms with van der Waals surface area (Å²) in [5, 5.41) is 11.2. The second-order valence-corrected chi connectivity index (χ2v) is 7.56. The number of hydrogen-bond acceptors (Lipinski definition) is 3. The molecule has 0 fully saturated rings. The number of sulfone groups is 1. The zero-order valence-corrected chi connectivity index (χ0v) is 12.5. The van der Waals surface area contributed by atoms with E-state index in [9.17, 15) is 17.9 Å². The predicted molar refractivity (Wildman–Crippen MR) is 77.5 cm³/mol. The van der Waals surface area contributed by atoms with Gasteiger partial charge in [0, 0.05) is 16.1 Å². The first-order valence-electron chi connectivity index (χ1n) is 6.35. The standard InChI is InChI=1S/C15H12ClFO3S/c16-10-5-6-11(13(17)9-10)15(18)7-8-21(19,20)14-4-2-1-3-12(14)15/h1-6,9,18H,7-8H2. The van der Waals surface area contributed by atoms with Gasteiger partial charge in [-0.1, -0.05) is 35.9 Å². The summed E-state index contributed by atoms with van der Waals surface area (Å²) in [4.78, 5) is 0.0492. The van der Waals surface area contributed by atoms with Crippen LogP contribution in [0, 0.1) is 5.82 Å². The lowest BCUT2D eigenvalue weighted by Crippen LogP contribution is -2.37. The molecule has 2 aromatic rings. The van der Waals surface area contributed by atoms with Gasteiger partial charge in [-0.15, -0.1) is 0 Å². The summed E-state index contributed by atoms with van der Waals surface area (Å²) in [5.41, 5.74) is -1.43. The van der Waals surface area contributed by atoms with E-state index in [1.807, 2.05) is 0 Å². The molecule has 0 amide bonds. The number of aliphatic hydroxyl groups is 1. The van der Waals surface area contributed by atoms with Crippen LogP contribution in [0.4, 0.5) is 4.39 Å². The number of fused-ring (bicyclic) bond motifs is 1. The average molecular weight is 327 g/mol. The lowest BCUT2D eigenvalue weighted by atomic mass is 9.83. The lowest BCUT2D eigenvalue weighted by molar-refractivity contribution is 0.0679. The Hall–Kier alpha value is -1.43. The molecule has 0 spiro atoms. The molecule has 0 saturated carbocycles. The number of benzene rings is 2. The highest BCUT2D eigenvalue weighted by atomic mass is 35.5. The fourth-order valence-corrected chi connectivity index (χ4v) is 4.51. The van der Waals surface area contributed by atoms with Gasteiger partial charge < -0.3 is 5.11 Å². The van der Waals surface area contributed by atoms with Gasteiger partial charge in [-0.2, -0.15) is 0 Å². The quantitative estimate of drug-likeness (QED) is 0.876. The van der Waals surface area contributed by atoms with Gasteiger partial charge >= 0.3 is 0 Å². The molecule has 6 heteroatoms. The summed E-state index contributed by atoms with van der Waals surface area (Å²) in [6.07, 6.45) is -0.0924. The first kappa shape index (κ1) is 14.5. The van der Waals surface area contributed by atoms with E-state index < -0.39 is 21.3 Å². The Balaban J connectivity index is 2.27. The third kappa shape index (κ3) is 2.25. The Kier molecular flexibility index (Phi) is 3.31. The van der Waals surface area contributed by atoms with E-state index in [1.54, 1.807) is 12.1 Å². The van der Waals surface area contributed by atoms with Crippen molar-refractivity contribution < 1.29 is 17.9 Å². The molecule has 21 heavy (non-hydrogen) atoms. The van der Waals surface area contributed by atoms with E-state index in [0.29, 0.717) is 0 Å². The highest BCUT2D eigenvalue weighted by Gasteiger charge is 2.43. The molecule has 1 aliphatic rings. The van der Waals surface area contributed by atoms with Crippen molar-refractivity contribution >= 4 is 21.4 Å². The SMILES string of the molecule is O=S1(=O)CCC(O)(c2ccc(Cl)cc2F)c2ccccc21. The molecule has 0 aliphatic carbocycles. The fourth-order valence-electron chi connectivity index (χ4n) is 2.71. The maximum Gasteiger partial charge on any atom is 0.178 e. The Morgan fingerprint density at radius 3 is 2.57 bits per heavy atom. The van der Waals surface area contributed by atoms with Crippen molar-refractivity contribution in [2.45, 2.75) is 16.9 Å². The van der Waals surface area contributed by atoms with Crippen molar-refractivity contribution in [3.05, 3.63) is 64.4 Å². The van der Waals surface area contributed by atoms with E-state index in [1.165, 1.54) is 24.3 Å². The molecule has 3 nitrogen and oxygen atoms in total. The second kappa shape index (κ2) is 4.80. The number of hydrogen-bond donors (Lipinski definition) is 1. The van der Waals surface area contributed by atoms with Gasteiger partial charge in [0.1, 0.15) is 11.4 Å². The van der Waals surface area contributed by atoms with Crippen molar-refractivity contribution in [1.29, 1.82) is 0 Å². The van der Waals surface area contributed by atoms with E-state index in [0.717, 1.165) is 6.07 Å². The Morgan fingerprint density at radius 2 is 1.86 bits per heavy atom. The summed E-state index contributed by atoms with van der Waals surface area (Å²) < 4.78 is 38.4. The third-order valence-electron chi connectivity index (χ3n) is 3.78. The van der Waals surface area contributed by atoms with E-state index >= 15 is 0 Å². The zero-order chi connectivity index (χ0) is 15.3. The highest BCUT2D eigenvalue weighted by molar-refractivity contribution is 7.91. The van der Waals surface area contributed by atoms with Crippen molar-refractivity contribution in [2.75, 3.05) is 5.75 Å². The van der Waals surface area contributed by atoms with Crippen LogP contribution < -0.4 is 0 Å². The summed E-state index contributed by atoms with van der Waals surface area (Å²) in [7, 11) is -3.45. The molecule has 0 aromatic heterocycles. The van der Waals surface area contributed by atoms with Crippen LogP contribution >= 0.6 is 11.6 Å². The molecule has 1 atom stereocenters. The predicted octanol–water partition coefficient (Wildman–Crippen LogP) is 2.89. The van der Waals surface area contributed by atoms with Gasteiger partial charge in [0.2, 0.25) is 0 Å². The van der Waals surface area contributed by atoms with E-state index in [-0.39, 0.29) is 33.2 Å². The first-order valence-corrected chi connectivity index (χ1v) is 8.38. The number of halogens is 2. The molecule has 0 saturated heterocycles. The maximum absolute atomic E-state index is 14.2. The van der Waals surface area contributed by atoms with Crippen LogP contribution in [0.25, 0.3) is 0 Å². The minimum Gasteiger partial charge on any atom is -0.380 e. The maximum atomic E-state index is 14.2. The van der Waals surface area contributed by atoms with Crippen molar-refractivity contribution in [1.82, 2.24) is 0 Å². The van der Waals surface area contributed by atoms with E-state index in [2.05, 4.69) is 0 Å². The van der Waals surface area contributed by atoms with Gasteiger partial charge in [-0.3, -0.25) is 0 Å².